The van der Waals surface area contributed by atoms with E-state index in [-0.39, 0.29) is 11.8 Å². The molecule has 140 valence electrons. The predicted molar refractivity (Wildman–Crippen MR) is 105 cm³/mol. The van der Waals surface area contributed by atoms with Gasteiger partial charge in [-0.05, 0) is 61.4 Å². The highest BCUT2D eigenvalue weighted by Gasteiger charge is 2.22. The first-order valence-corrected chi connectivity index (χ1v) is 8.73. The monoisotopic (exact) mass is 366 g/mol. The Hall–Kier alpha value is -3.35. The maximum Gasteiger partial charge on any atom is 0.248 e. The van der Waals surface area contributed by atoms with Crippen LogP contribution < -0.4 is 21.3 Å². The Morgan fingerprint density at radius 3 is 2.37 bits per heavy atom. The zero-order chi connectivity index (χ0) is 19.6. The summed E-state index contributed by atoms with van der Waals surface area (Å²) in [5.41, 5.74) is 9.02. The number of nitrogens with two attached hydrogens (primary N) is 1. The molecule has 1 heterocycles. The van der Waals surface area contributed by atoms with Crippen molar-refractivity contribution in [1.29, 1.82) is 0 Å². The third-order valence-electron chi connectivity index (χ3n) is 4.57. The SMILES string of the molecule is CC(=O)N1CCc2cc(N[C@H](C)C(=O)Nc3ccc(C(N)=O)cc3)ccc21. The summed E-state index contributed by atoms with van der Waals surface area (Å²) < 4.78 is 0. The number of rotatable bonds is 5. The van der Waals surface area contributed by atoms with Crippen LogP contribution in [0.3, 0.4) is 0 Å². The molecule has 4 N–H and O–H groups in total. The van der Waals surface area contributed by atoms with Crippen LogP contribution in [0.15, 0.2) is 42.5 Å². The van der Waals surface area contributed by atoms with Crippen LogP contribution in [0.2, 0.25) is 0 Å². The van der Waals surface area contributed by atoms with E-state index < -0.39 is 11.9 Å². The van der Waals surface area contributed by atoms with Gasteiger partial charge in [-0.25, -0.2) is 0 Å². The highest BCUT2D eigenvalue weighted by Crippen LogP contribution is 2.30. The number of anilines is 3. The van der Waals surface area contributed by atoms with Crippen LogP contribution >= 0.6 is 0 Å². The maximum absolute atomic E-state index is 12.4. The number of benzene rings is 2. The second-order valence-corrected chi connectivity index (χ2v) is 6.56. The van der Waals surface area contributed by atoms with Gasteiger partial charge in [0.1, 0.15) is 6.04 Å². The fourth-order valence-corrected chi connectivity index (χ4v) is 3.10. The lowest BCUT2D eigenvalue weighted by Gasteiger charge is -2.18. The number of primary amides is 1. The molecule has 1 atom stereocenters. The minimum absolute atomic E-state index is 0.0320. The van der Waals surface area contributed by atoms with Gasteiger partial charge in [-0.1, -0.05) is 0 Å². The highest BCUT2D eigenvalue weighted by molar-refractivity contribution is 5.98. The van der Waals surface area contributed by atoms with E-state index in [0.717, 1.165) is 23.4 Å². The lowest BCUT2D eigenvalue weighted by atomic mass is 10.1. The van der Waals surface area contributed by atoms with Crippen molar-refractivity contribution in [2.24, 2.45) is 5.73 Å². The molecule has 0 fully saturated rings. The van der Waals surface area contributed by atoms with Crippen molar-refractivity contribution in [3.05, 3.63) is 53.6 Å². The highest BCUT2D eigenvalue weighted by atomic mass is 16.2. The van der Waals surface area contributed by atoms with Crippen LogP contribution in [0.1, 0.15) is 29.8 Å². The fraction of sp³-hybridized carbons (Fsp3) is 0.250. The maximum atomic E-state index is 12.4. The number of carbonyl (C=O) groups is 3. The van der Waals surface area contributed by atoms with Gasteiger partial charge in [0.15, 0.2) is 0 Å². The molecule has 0 aliphatic carbocycles. The molecular formula is C20H22N4O3. The third-order valence-corrected chi connectivity index (χ3v) is 4.57. The number of amides is 3. The molecule has 0 spiro atoms. The van der Waals surface area contributed by atoms with Crippen molar-refractivity contribution >= 4 is 34.8 Å². The molecule has 0 aromatic heterocycles. The van der Waals surface area contributed by atoms with Gasteiger partial charge in [0.05, 0.1) is 0 Å². The van der Waals surface area contributed by atoms with E-state index in [2.05, 4.69) is 10.6 Å². The Kier molecular flexibility index (Phi) is 5.12. The fourth-order valence-electron chi connectivity index (χ4n) is 3.10. The van der Waals surface area contributed by atoms with Crippen molar-refractivity contribution in [2.75, 3.05) is 22.1 Å². The number of fused-ring (bicyclic) bond motifs is 1. The van der Waals surface area contributed by atoms with Crippen LogP contribution in [0, 0.1) is 0 Å². The zero-order valence-corrected chi connectivity index (χ0v) is 15.3. The Balaban J connectivity index is 1.63. The summed E-state index contributed by atoms with van der Waals surface area (Å²) >= 11 is 0. The van der Waals surface area contributed by atoms with E-state index in [1.54, 1.807) is 43.0 Å². The molecule has 2 aromatic rings. The van der Waals surface area contributed by atoms with Gasteiger partial charge in [-0.2, -0.15) is 0 Å². The van der Waals surface area contributed by atoms with Crippen LogP contribution in [-0.4, -0.2) is 30.3 Å². The number of hydrogen-bond acceptors (Lipinski definition) is 4. The van der Waals surface area contributed by atoms with Gasteiger partial charge >= 0.3 is 0 Å². The van der Waals surface area contributed by atoms with Gasteiger partial charge in [-0.15, -0.1) is 0 Å². The standard InChI is InChI=1S/C20H22N4O3/c1-12(20(27)23-16-5-3-14(4-6-16)19(21)26)22-17-7-8-18-15(11-17)9-10-24(18)13(2)25/h3-8,11-12,22H,9-10H2,1-2H3,(H2,21,26)(H,23,27)/t12-/m1/s1. The summed E-state index contributed by atoms with van der Waals surface area (Å²) in [6.45, 7) is 4.01. The Bertz CT molecular complexity index is 893. The molecule has 0 radical (unpaired) electrons. The number of nitrogens with one attached hydrogen (secondary N) is 2. The summed E-state index contributed by atoms with van der Waals surface area (Å²) in [6, 6.07) is 11.7. The lowest BCUT2D eigenvalue weighted by molar-refractivity contribution is -0.117. The summed E-state index contributed by atoms with van der Waals surface area (Å²) in [5.74, 6) is -0.680. The molecule has 27 heavy (non-hydrogen) atoms. The minimum Gasteiger partial charge on any atom is -0.374 e. The van der Waals surface area contributed by atoms with Crippen LogP contribution in [0.25, 0.3) is 0 Å². The van der Waals surface area contributed by atoms with E-state index in [0.29, 0.717) is 17.8 Å². The van der Waals surface area contributed by atoms with Crippen LogP contribution in [0.5, 0.6) is 0 Å². The molecular weight excluding hydrogens is 344 g/mol. The first kappa shape index (κ1) is 18.4. The third kappa shape index (κ3) is 4.08. The lowest BCUT2D eigenvalue weighted by Crippen LogP contribution is -2.31. The average Bonchev–Trinajstić information content (AvgIpc) is 3.05. The Morgan fingerprint density at radius 2 is 1.74 bits per heavy atom. The van der Waals surface area contributed by atoms with Gasteiger partial charge in [0, 0.05) is 36.1 Å². The summed E-state index contributed by atoms with van der Waals surface area (Å²) in [7, 11) is 0. The van der Waals surface area contributed by atoms with Gasteiger partial charge in [-0.3, -0.25) is 14.4 Å². The molecule has 3 amide bonds. The predicted octanol–water partition coefficient (Wildman–Crippen LogP) is 2.13. The molecule has 2 aromatic carbocycles. The molecule has 0 bridgehead atoms. The van der Waals surface area contributed by atoms with Crippen molar-refractivity contribution in [1.82, 2.24) is 0 Å². The average molecular weight is 366 g/mol. The molecule has 7 nitrogen and oxygen atoms in total. The van der Waals surface area contributed by atoms with E-state index in [1.807, 2.05) is 18.2 Å². The van der Waals surface area contributed by atoms with E-state index in [9.17, 15) is 14.4 Å². The van der Waals surface area contributed by atoms with Gasteiger partial charge in [0.2, 0.25) is 17.7 Å². The largest absolute Gasteiger partial charge is 0.374 e. The van der Waals surface area contributed by atoms with Gasteiger partial charge in [0.25, 0.3) is 0 Å². The van der Waals surface area contributed by atoms with E-state index >= 15 is 0 Å². The topological polar surface area (TPSA) is 105 Å². The van der Waals surface area contributed by atoms with E-state index in [4.69, 9.17) is 5.73 Å². The van der Waals surface area contributed by atoms with Crippen molar-refractivity contribution in [2.45, 2.75) is 26.3 Å². The molecule has 0 unspecified atom stereocenters. The summed E-state index contributed by atoms with van der Waals surface area (Å²) in [6.07, 6.45) is 0.803. The Labute approximate surface area is 157 Å². The normalized spacial score (nSPS) is 13.6. The summed E-state index contributed by atoms with van der Waals surface area (Å²) in [5, 5.41) is 5.97. The van der Waals surface area contributed by atoms with Crippen LogP contribution in [-0.2, 0) is 16.0 Å². The number of hydrogen-bond donors (Lipinski definition) is 3. The quantitative estimate of drug-likeness (QED) is 0.754. The number of carbonyl (C=O) groups excluding carboxylic acids is 3. The second-order valence-electron chi connectivity index (χ2n) is 6.56. The molecule has 7 heteroatoms. The molecule has 3 rings (SSSR count). The molecule has 1 aliphatic rings. The minimum atomic E-state index is -0.511. The van der Waals surface area contributed by atoms with Crippen molar-refractivity contribution in [3.63, 3.8) is 0 Å². The Morgan fingerprint density at radius 1 is 1.07 bits per heavy atom. The molecule has 0 saturated heterocycles. The smallest absolute Gasteiger partial charge is 0.248 e. The molecule has 0 saturated carbocycles. The van der Waals surface area contributed by atoms with Crippen LogP contribution in [0.4, 0.5) is 17.1 Å². The first-order chi connectivity index (χ1) is 12.8. The van der Waals surface area contributed by atoms with Gasteiger partial charge < -0.3 is 21.3 Å². The summed E-state index contributed by atoms with van der Waals surface area (Å²) in [4.78, 5) is 36.9. The zero-order valence-electron chi connectivity index (χ0n) is 15.3. The first-order valence-electron chi connectivity index (χ1n) is 8.73. The van der Waals surface area contributed by atoms with Crippen molar-refractivity contribution < 1.29 is 14.4 Å². The number of nitrogens with zero attached hydrogens (tertiary/aromatic N) is 1. The van der Waals surface area contributed by atoms with E-state index in [1.165, 1.54) is 0 Å². The molecule has 1 aliphatic heterocycles. The van der Waals surface area contributed by atoms with Crippen molar-refractivity contribution in [3.8, 4) is 0 Å². The second kappa shape index (κ2) is 7.49.